The van der Waals surface area contributed by atoms with Crippen LogP contribution in [0.25, 0.3) is 0 Å². The van der Waals surface area contributed by atoms with Gasteiger partial charge in [-0.3, -0.25) is 4.79 Å². The van der Waals surface area contributed by atoms with Crippen LogP contribution in [0.1, 0.15) is 91.9 Å². The molecule has 0 aromatic rings. The molecule has 0 saturated heterocycles. The molecule has 0 spiro atoms. The lowest BCUT2D eigenvalue weighted by molar-refractivity contribution is -0.141. The molecule has 31 heavy (non-hydrogen) atoms. The molecular formula is C24H44O6Si. The molecule has 0 saturated carbocycles. The Morgan fingerprint density at radius 2 is 1.06 bits per heavy atom. The van der Waals surface area contributed by atoms with Gasteiger partial charge in [0.2, 0.25) is 0 Å². The molecule has 0 unspecified atom stereocenters. The van der Waals surface area contributed by atoms with Crippen molar-refractivity contribution in [1.82, 2.24) is 0 Å². The first-order chi connectivity index (χ1) is 14.9. The van der Waals surface area contributed by atoms with Crippen molar-refractivity contribution in [3.63, 3.8) is 0 Å². The van der Waals surface area contributed by atoms with Crippen LogP contribution in [0.2, 0.25) is 18.1 Å². The maximum Gasteiger partial charge on any atom is 0.331 e. The Hall–Kier alpha value is -1.63. The molecule has 0 aliphatic carbocycles. The highest BCUT2D eigenvalue weighted by Crippen LogP contribution is 2.30. The van der Waals surface area contributed by atoms with Gasteiger partial charge < -0.3 is 13.9 Å². The van der Waals surface area contributed by atoms with Crippen molar-refractivity contribution < 1.29 is 28.3 Å². The lowest BCUT2D eigenvalue weighted by Crippen LogP contribution is -2.40. The van der Waals surface area contributed by atoms with Gasteiger partial charge >= 0.3 is 11.9 Å². The van der Waals surface area contributed by atoms with E-state index in [0.29, 0.717) is 13.0 Å². The van der Waals surface area contributed by atoms with E-state index in [9.17, 15) is 14.4 Å². The molecule has 180 valence electrons. The maximum atomic E-state index is 12.5. The first kappa shape index (κ1) is 29.4. The molecule has 0 N–H and O–H groups in total. The van der Waals surface area contributed by atoms with Crippen LogP contribution < -0.4 is 0 Å². The molecule has 6 nitrogen and oxygen atoms in total. The van der Waals surface area contributed by atoms with E-state index in [-0.39, 0.29) is 19.0 Å². The van der Waals surface area contributed by atoms with Crippen molar-refractivity contribution in [2.24, 2.45) is 0 Å². The van der Waals surface area contributed by atoms with Crippen LogP contribution in [0.15, 0.2) is 12.2 Å². The van der Waals surface area contributed by atoms with Gasteiger partial charge in [-0.05, 0) is 31.0 Å². The summed E-state index contributed by atoms with van der Waals surface area (Å²) < 4.78 is 16.2. The van der Waals surface area contributed by atoms with Crippen molar-refractivity contribution in [2.75, 3.05) is 13.2 Å². The Morgan fingerprint density at radius 1 is 0.645 bits per heavy atom. The third kappa shape index (κ3) is 15.8. The number of esters is 2. The predicted octanol–water partition coefficient (Wildman–Crippen LogP) is 6.10. The number of hydrogen-bond donors (Lipinski definition) is 0. The van der Waals surface area contributed by atoms with Gasteiger partial charge in [0.15, 0.2) is 0 Å². The standard InChI is InChI=1S/C24H44O6Si/c1-5-9-17-28-22(25)15-16-23(26)29-18-13-14-24(27)30-31(19-10-6-2,20-11-7-3)21-12-8-4/h15-16H,5-14,17-21H2,1-4H3/b16-15-. The molecule has 0 aliphatic heterocycles. The fourth-order valence-electron chi connectivity index (χ4n) is 3.26. The normalized spacial score (nSPS) is 11.5. The Morgan fingerprint density at radius 3 is 1.48 bits per heavy atom. The van der Waals surface area contributed by atoms with E-state index in [1.54, 1.807) is 0 Å². The summed E-state index contributed by atoms with van der Waals surface area (Å²) in [5.41, 5.74) is 0. The van der Waals surface area contributed by atoms with Gasteiger partial charge in [0.25, 0.3) is 14.3 Å². The summed E-state index contributed by atoms with van der Waals surface area (Å²) in [6.07, 6.45) is 11.2. The molecule has 0 aromatic heterocycles. The molecule has 0 heterocycles. The molecule has 0 aromatic carbocycles. The molecule has 0 amide bonds. The van der Waals surface area contributed by atoms with Gasteiger partial charge in [-0.1, -0.05) is 72.6 Å². The fraction of sp³-hybridized carbons (Fsp3) is 0.792. The minimum Gasteiger partial charge on any atom is -0.519 e. The van der Waals surface area contributed by atoms with E-state index >= 15 is 0 Å². The van der Waals surface area contributed by atoms with Gasteiger partial charge in [0, 0.05) is 18.6 Å². The zero-order chi connectivity index (χ0) is 23.4. The number of hydrogen-bond acceptors (Lipinski definition) is 6. The zero-order valence-corrected chi connectivity index (χ0v) is 21.2. The number of unbranched alkanes of at least 4 members (excludes halogenated alkanes) is 4. The van der Waals surface area contributed by atoms with Gasteiger partial charge in [0.1, 0.15) is 0 Å². The van der Waals surface area contributed by atoms with Crippen LogP contribution in [-0.2, 0) is 28.3 Å². The second-order valence-corrected chi connectivity index (χ2v) is 12.2. The van der Waals surface area contributed by atoms with Crippen molar-refractivity contribution in [1.29, 1.82) is 0 Å². The van der Waals surface area contributed by atoms with Crippen molar-refractivity contribution in [3.05, 3.63) is 12.2 Å². The second kappa shape index (κ2) is 19.1. The first-order valence-electron chi connectivity index (χ1n) is 12.2. The quantitative estimate of drug-likeness (QED) is 0.101. The number of carbonyl (C=O) groups excluding carboxylic acids is 3. The lowest BCUT2D eigenvalue weighted by Gasteiger charge is -2.31. The van der Waals surface area contributed by atoms with E-state index in [2.05, 4.69) is 20.8 Å². The number of rotatable bonds is 19. The average Bonchev–Trinajstić information content (AvgIpc) is 2.76. The number of carbonyl (C=O) groups is 3. The third-order valence-corrected chi connectivity index (χ3v) is 9.61. The van der Waals surface area contributed by atoms with Crippen LogP contribution in [0, 0.1) is 0 Å². The van der Waals surface area contributed by atoms with Crippen molar-refractivity contribution in [2.45, 2.75) is 110 Å². The smallest absolute Gasteiger partial charge is 0.331 e. The van der Waals surface area contributed by atoms with Gasteiger partial charge in [-0.15, -0.1) is 0 Å². The first-order valence-corrected chi connectivity index (χ1v) is 14.7. The van der Waals surface area contributed by atoms with Crippen molar-refractivity contribution in [3.8, 4) is 0 Å². The van der Waals surface area contributed by atoms with Crippen LogP contribution >= 0.6 is 0 Å². The van der Waals surface area contributed by atoms with E-state index in [0.717, 1.165) is 81.7 Å². The highest BCUT2D eigenvalue weighted by atomic mass is 28.4. The van der Waals surface area contributed by atoms with Crippen LogP contribution in [0.4, 0.5) is 0 Å². The summed E-state index contributed by atoms with van der Waals surface area (Å²) in [6, 6.07) is 3.14. The summed E-state index contributed by atoms with van der Waals surface area (Å²) in [4.78, 5) is 35.6. The monoisotopic (exact) mass is 456 g/mol. The van der Waals surface area contributed by atoms with Crippen molar-refractivity contribution >= 4 is 26.2 Å². The Balaban J connectivity index is 4.44. The fourth-order valence-corrected chi connectivity index (χ4v) is 7.89. The molecule has 0 rings (SSSR count). The van der Waals surface area contributed by atoms with E-state index < -0.39 is 20.3 Å². The molecule has 7 heteroatoms. The van der Waals surface area contributed by atoms with Crippen LogP contribution in [0.3, 0.4) is 0 Å². The molecule has 0 radical (unpaired) electrons. The minimum absolute atomic E-state index is 0.122. The predicted molar refractivity (Wildman–Crippen MR) is 126 cm³/mol. The summed E-state index contributed by atoms with van der Waals surface area (Å²) in [7, 11) is -2.06. The summed E-state index contributed by atoms with van der Waals surface area (Å²) >= 11 is 0. The molecule has 0 aliphatic rings. The van der Waals surface area contributed by atoms with E-state index in [1.165, 1.54) is 0 Å². The Labute approximate surface area is 190 Å². The lowest BCUT2D eigenvalue weighted by atomic mass is 10.3. The van der Waals surface area contributed by atoms with E-state index in [1.807, 2.05) is 6.92 Å². The molecule has 0 fully saturated rings. The minimum atomic E-state index is -2.06. The largest absolute Gasteiger partial charge is 0.519 e. The Kier molecular flexibility index (Phi) is 18.1. The second-order valence-electron chi connectivity index (χ2n) is 8.09. The van der Waals surface area contributed by atoms with E-state index in [4.69, 9.17) is 13.9 Å². The number of ether oxygens (including phenoxy) is 2. The van der Waals surface area contributed by atoms with Gasteiger partial charge in [-0.2, -0.15) is 0 Å². The zero-order valence-electron chi connectivity index (χ0n) is 20.2. The maximum absolute atomic E-state index is 12.5. The highest BCUT2D eigenvalue weighted by Gasteiger charge is 2.36. The molecular weight excluding hydrogens is 412 g/mol. The summed E-state index contributed by atoms with van der Waals surface area (Å²) in [6.45, 7) is 8.99. The van der Waals surface area contributed by atoms with Crippen LogP contribution in [0.5, 0.6) is 0 Å². The SMILES string of the molecule is CCCCOC(=O)/C=C\C(=O)OCCCC(=O)O[Si](CCCC)(CCCC)CCCC. The third-order valence-electron chi connectivity index (χ3n) is 5.16. The van der Waals surface area contributed by atoms with Gasteiger partial charge in [-0.25, -0.2) is 9.59 Å². The van der Waals surface area contributed by atoms with Gasteiger partial charge in [0.05, 0.1) is 13.2 Å². The topological polar surface area (TPSA) is 78.9 Å². The molecule has 0 bridgehead atoms. The molecule has 0 atom stereocenters. The highest BCUT2D eigenvalue weighted by molar-refractivity contribution is 6.75. The average molecular weight is 457 g/mol. The van der Waals surface area contributed by atoms with Crippen LogP contribution in [-0.4, -0.2) is 39.4 Å². The summed E-state index contributed by atoms with van der Waals surface area (Å²) in [5.74, 6) is -1.33. The Bertz CT molecular complexity index is 510. The summed E-state index contributed by atoms with van der Waals surface area (Å²) in [5, 5.41) is 0.